The van der Waals surface area contributed by atoms with Crippen LogP contribution in [0.15, 0.2) is 41.3 Å². The normalized spacial score (nSPS) is 17.6. The van der Waals surface area contributed by atoms with Gasteiger partial charge in [0.05, 0.1) is 17.7 Å². The van der Waals surface area contributed by atoms with Gasteiger partial charge < -0.3 is 19.2 Å². The van der Waals surface area contributed by atoms with E-state index in [1.54, 1.807) is 12.3 Å². The maximum absolute atomic E-state index is 14.3. The molecule has 2 heterocycles. The number of nitrogens with zero attached hydrogens (tertiary/aromatic N) is 1. The minimum atomic E-state index is -0.618. The highest BCUT2D eigenvalue weighted by Crippen LogP contribution is 2.36. The number of hydrogen-bond acceptors (Lipinski definition) is 4. The molecule has 1 aromatic carbocycles. The lowest BCUT2D eigenvalue weighted by Gasteiger charge is -2.32. The Morgan fingerprint density at radius 1 is 1.14 bits per heavy atom. The largest absolute Gasteiger partial charge is 0.496 e. The van der Waals surface area contributed by atoms with Crippen LogP contribution < -0.4 is 16.3 Å². The molecular weight excluding hydrogens is 362 g/mol. The monoisotopic (exact) mass is 386 g/mol. The van der Waals surface area contributed by atoms with E-state index in [2.05, 4.69) is 5.32 Å². The average Bonchev–Trinajstić information content (AvgIpc) is 2.80. The Balaban J connectivity index is 1.90. The van der Waals surface area contributed by atoms with E-state index in [1.165, 1.54) is 35.8 Å². The van der Waals surface area contributed by atoms with Crippen LogP contribution in [0.4, 0.5) is 10.1 Å². The number of carbonyl (C=O) groups excluding carboxylic acids is 1. The second kappa shape index (κ2) is 7.18. The molecular formula is C20H24BFN2O4. The molecule has 1 saturated heterocycles. The van der Waals surface area contributed by atoms with E-state index in [-0.39, 0.29) is 18.0 Å². The molecule has 0 radical (unpaired) electrons. The van der Waals surface area contributed by atoms with Crippen molar-refractivity contribution in [2.75, 3.05) is 5.32 Å². The second-order valence-corrected chi connectivity index (χ2v) is 8.00. The number of aromatic nitrogens is 1. The van der Waals surface area contributed by atoms with Crippen LogP contribution >= 0.6 is 0 Å². The average molecular weight is 386 g/mol. The fourth-order valence-electron chi connectivity index (χ4n) is 2.95. The Morgan fingerprint density at radius 3 is 2.39 bits per heavy atom. The highest BCUT2D eigenvalue weighted by molar-refractivity contribution is 6.62. The topological polar surface area (TPSA) is 69.6 Å². The fourth-order valence-corrected chi connectivity index (χ4v) is 2.95. The molecule has 8 heteroatoms. The lowest BCUT2D eigenvalue weighted by molar-refractivity contribution is -0.114. The van der Waals surface area contributed by atoms with Crippen LogP contribution in [0.2, 0.25) is 0 Å². The smallest absolute Gasteiger partial charge is 0.399 e. The van der Waals surface area contributed by atoms with E-state index in [1.807, 2.05) is 27.7 Å². The minimum Gasteiger partial charge on any atom is -0.399 e. The number of anilines is 1. The molecule has 1 N–H and O–H groups in total. The van der Waals surface area contributed by atoms with Crippen molar-refractivity contribution in [3.8, 4) is 0 Å². The molecule has 3 rings (SSSR count). The van der Waals surface area contributed by atoms with E-state index in [0.717, 1.165) is 0 Å². The predicted molar refractivity (Wildman–Crippen MR) is 106 cm³/mol. The van der Waals surface area contributed by atoms with E-state index < -0.39 is 24.1 Å². The number of benzene rings is 1. The molecule has 1 aliphatic heterocycles. The number of rotatable bonds is 4. The summed E-state index contributed by atoms with van der Waals surface area (Å²) in [6.45, 7) is 9.20. The number of halogens is 1. The second-order valence-electron chi connectivity index (χ2n) is 8.00. The summed E-state index contributed by atoms with van der Waals surface area (Å²) in [4.78, 5) is 23.5. The summed E-state index contributed by atoms with van der Waals surface area (Å²) in [6.07, 6.45) is 1.62. The zero-order valence-electron chi connectivity index (χ0n) is 16.7. The van der Waals surface area contributed by atoms with Gasteiger partial charge in [-0.25, -0.2) is 4.39 Å². The van der Waals surface area contributed by atoms with Crippen LogP contribution in [0.25, 0.3) is 0 Å². The first-order chi connectivity index (χ1) is 13.0. The molecule has 1 aromatic heterocycles. The number of hydrogen-bond donors (Lipinski definition) is 1. The van der Waals surface area contributed by atoms with Crippen molar-refractivity contribution < 1.29 is 18.5 Å². The van der Waals surface area contributed by atoms with Gasteiger partial charge in [-0.05, 0) is 51.4 Å². The van der Waals surface area contributed by atoms with Crippen LogP contribution in [0.1, 0.15) is 40.2 Å². The van der Waals surface area contributed by atoms with Crippen molar-refractivity contribution in [3.63, 3.8) is 0 Å². The van der Waals surface area contributed by atoms with Gasteiger partial charge in [0.1, 0.15) is 5.82 Å². The van der Waals surface area contributed by atoms with Gasteiger partial charge in [-0.3, -0.25) is 9.59 Å². The number of carbonyl (C=O) groups is 1. The summed E-state index contributed by atoms with van der Waals surface area (Å²) in [5.41, 5.74) is 0.161. The zero-order valence-corrected chi connectivity index (χ0v) is 16.7. The molecule has 1 fully saturated rings. The van der Waals surface area contributed by atoms with Crippen molar-refractivity contribution in [2.24, 2.45) is 0 Å². The van der Waals surface area contributed by atoms with Crippen LogP contribution in [0.3, 0.4) is 0 Å². The highest BCUT2D eigenvalue weighted by atomic mass is 19.1. The molecule has 6 nitrogen and oxygen atoms in total. The van der Waals surface area contributed by atoms with Gasteiger partial charge in [0, 0.05) is 30.4 Å². The van der Waals surface area contributed by atoms with Crippen LogP contribution in [0, 0.1) is 5.82 Å². The number of nitrogens with one attached hydrogen (secondary N) is 1. The molecule has 0 bridgehead atoms. The molecule has 0 saturated carbocycles. The summed E-state index contributed by atoms with van der Waals surface area (Å²) in [7, 11) is -0.618. The molecule has 1 amide bonds. The fraction of sp³-hybridized carbons (Fsp3) is 0.400. The van der Waals surface area contributed by atoms with Crippen LogP contribution in [0.5, 0.6) is 0 Å². The SMILES string of the molecule is CC(=O)Nc1ccc(F)c(Cn2cc(B3OC(C)(C)C(C)(C)O3)ccc2=O)c1. The summed E-state index contributed by atoms with van der Waals surface area (Å²) in [5.74, 6) is -0.709. The standard InChI is InChI=1S/C20H24BFN2O4/c1-13(25)23-16-7-8-17(22)14(10-16)11-24-12-15(6-9-18(24)26)21-27-19(2,3)20(4,5)28-21/h6-10,12H,11H2,1-5H3,(H,23,25). The molecule has 0 spiro atoms. The molecule has 148 valence electrons. The molecule has 2 aromatic rings. The summed E-state index contributed by atoms with van der Waals surface area (Å²) in [5, 5.41) is 2.61. The van der Waals surface area contributed by atoms with Gasteiger partial charge in [0.2, 0.25) is 5.91 Å². The molecule has 28 heavy (non-hydrogen) atoms. The Labute approximate surface area is 163 Å². The Bertz CT molecular complexity index is 955. The van der Waals surface area contributed by atoms with E-state index in [9.17, 15) is 14.0 Å². The third kappa shape index (κ3) is 4.03. The van der Waals surface area contributed by atoms with Gasteiger partial charge in [0.25, 0.3) is 5.56 Å². The van der Waals surface area contributed by atoms with Crippen molar-refractivity contribution in [1.29, 1.82) is 0 Å². The first-order valence-corrected chi connectivity index (χ1v) is 9.10. The van der Waals surface area contributed by atoms with E-state index >= 15 is 0 Å². The Kier molecular flexibility index (Phi) is 5.21. The van der Waals surface area contributed by atoms with Crippen molar-refractivity contribution >= 4 is 24.2 Å². The molecule has 0 unspecified atom stereocenters. The van der Waals surface area contributed by atoms with E-state index in [4.69, 9.17) is 9.31 Å². The maximum Gasteiger partial charge on any atom is 0.496 e. The van der Waals surface area contributed by atoms with Crippen LogP contribution in [-0.4, -0.2) is 28.8 Å². The van der Waals surface area contributed by atoms with Gasteiger partial charge in [-0.1, -0.05) is 6.07 Å². The molecule has 0 atom stereocenters. The molecule has 1 aliphatic rings. The van der Waals surface area contributed by atoms with Gasteiger partial charge >= 0.3 is 7.12 Å². The number of amides is 1. The molecule has 0 aliphatic carbocycles. The van der Waals surface area contributed by atoms with E-state index in [0.29, 0.717) is 16.7 Å². The first-order valence-electron chi connectivity index (χ1n) is 9.10. The third-order valence-electron chi connectivity index (χ3n) is 5.24. The van der Waals surface area contributed by atoms with Crippen LogP contribution in [-0.2, 0) is 20.6 Å². The van der Waals surface area contributed by atoms with Crippen molar-refractivity contribution in [3.05, 3.63) is 58.3 Å². The van der Waals surface area contributed by atoms with Crippen molar-refractivity contribution in [2.45, 2.75) is 52.4 Å². The zero-order chi connectivity index (χ0) is 20.7. The Hall–Kier alpha value is -2.45. The van der Waals surface area contributed by atoms with Gasteiger partial charge in [-0.15, -0.1) is 0 Å². The number of pyridine rings is 1. The highest BCUT2D eigenvalue weighted by Gasteiger charge is 2.51. The maximum atomic E-state index is 14.3. The summed E-state index contributed by atoms with van der Waals surface area (Å²) < 4.78 is 27.7. The Morgan fingerprint density at radius 2 is 1.79 bits per heavy atom. The summed E-state index contributed by atoms with van der Waals surface area (Å²) >= 11 is 0. The minimum absolute atomic E-state index is 0.0193. The van der Waals surface area contributed by atoms with Gasteiger partial charge in [-0.2, -0.15) is 0 Å². The third-order valence-corrected chi connectivity index (χ3v) is 5.24. The lowest BCUT2D eigenvalue weighted by Crippen LogP contribution is -2.41. The quantitative estimate of drug-likeness (QED) is 0.819. The van der Waals surface area contributed by atoms with Crippen molar-refractivity contribution in [1.82, 2.24) is 4.57 Å². The first kappa shape index (κ1) is 20.3. The predicted octanol–water partition coefficient (Wildman–Crippen LogP) is 2.29. The lowest BCUT2D eigenvalue weighted by atomic mass is 9.80. The summed E-state index contributed by atoms with van der Waals surface area (Å²) in [6, 6.07) is 7.33. The van der Waals surface area contributed by atoms with Gasteiger partial charge in [0.15, 0.2) is 0 Å².